The van der Waals surface area contributed by atoms with E-state index in [1.165, 1.54) is 100 Å². The van der Waals surface area contributed by atoms with Gasteiger partial charge in [0.2, 0.25) is 0 Å². The molecule has 0 fully saturated rings. The van der Waals surface area contributed by atoms with Gasteiger partial charge in [-0.15, -0.1) is 0 Å². The highest BCUT2D eigenvalue weighted by Crippen LogP contribution is 2.47. The topological polar surface area (TPSA) is 210 Å². The zero-order valence-corrected chi connectivity index (χ0v) is 54.9. The van der Waals surface area contributed by atoms with Crippen LogP contribution in [-0.4, -0.2) is 90.9 Å². The molecule has 0 bridgehead atoms. The van der Waals surface area contributed by atoms with E-state index in [0.717, 1.165) is 92.0 Å². The number of carbonyl (C=O) groups is 4. The van der Waals surface area contributed by atoms with Gasteiger partial charge in [0.1, 0.15) is 23.5 Å². The fraction of sp³-hybridized carbons (Fsp3) is 0.412. The second-order valence-electron chi connectivity index (χ2n) is 23.5. The highest BCUT2D eigenvalue weighted by molar-refractivity contribution is 6.13. The fourth-order valence-electron chi connectivity index (χ4n) is 13.3. The predicted octanol–water partition coefficient (Wildman–Crippen LogP) is 10.8. The van der Waals surface area contributed by atoms with Crippen molar-refractivity contribution in [2.75, 3.05) is 28.2 Å². The lowest BCUT2D eigenvalue weighted by Gasteiger charge is -2.25. The number of hydrogen-bond donors (Lipinski definition) is 4. The third-order valence-electron chi connectivity index (χ3n) is 19.6. The average molecular weight is 1170 g/mol. The van der Waals surface area contributed by atoms with Crippen molar-refractivity contribution >= 4 is 45.7 Å². The number of carbonyl (C=O) groups excluding carboxylic acids is 4. The van der Waals surface area contributed by atoms with Crippen molar-refractivity contribution in [3.8, 4) is 39.5 Å². The second-order valence-corrected chi connectivity index (χ2v) is 23.5. The molecular formula is C68H84N12O6. The van der Waals surface area contributed by atoms with Gasteiger partial charge in [0, 0.05) is 102 Å². The molecule has 0 saturated heterocycles. The van der Waals surface area contributed by atoms with Crippen LogP contribution in [0.2, 0.25) is 0 Å². The van der Waals surface area contributed by atoms with Crippen molar-refractivity contribution in [1.82, 2.24) is 60.4 Å². The number of amides is 4. The highest BCUT2D eigenvalue weighted by Gasteiger charge is 2.35. The van der Waals surface area contributed by atoms with Crippen LogP contribution in [-0.2, 0) is 54.1 Å². The minimum absolute atomic E-state index is 0.0986. The highest BCUT2D eigenvalue weighted by atomic mass is 16.5. The zero-order valence-electron chi connectivity index (χ0n) is 54.9. The Balaban J connectivity index is 0.000000137. The smallest absolute Gasteiger partial charge is 0.275 e. The first-order valence-electron chi connectivity index (χ1n) is 29.4. The Morgan fingerprint density at radius 1 is 0.360 bits per heavy atom. The summed E-state index contributed by atoms with van der Waals surface area (Å²) in [6.45, 7) is 34.7. The molecule has 18 heteroatoms. The van der Waals surface area contributed by atoms with Crippen LogP contribution in [0.5, 0.6) is 5.75 Å². The summed E-state index contributed by atoms with van der Waals surface area (Å²) >= 11 is 0. The molecule has 9 aromatic rings. The molecule has 86 heavy (non-hydrogen) atoms. The molecule has 2 aliphatic carbocycles. The first kappa shape index (κ1) is 61.8. The van der Waals surface area contributed by atoms with E-state index in [9.17, 15) is 19.2 Å². The predicted molar refractivity (Wildman–Crippen MR) is 340 cm³/mol. The van der Waals surface area contributed by atoms with Crippen LogP contribution < -0.4 is 26.0 Å². The molecular weight excluding hydrogens is 1080 g/mol. The molecule has 4 amide bonds. The summed E-state index contributed by atoms with van der Waals surface area (Å²) < 4.78 is 19.3. The molecule has 5 aromatic heterocycles. The maximum Gasteiger partial charge on any atom is 0.275 e. The number of nitrogens with zero attached hydrogens (tertiary/aromatic N) is 8. The molecule has 3 aliphatic rings. The maximum atomic E-state index is 12.1. The van der Waals surface area contributed by atoms with Crippen molar-refractivity contribution in [3.05, 3.63) is 140 Å². The molecule has 0 saturated carbocycles. The Bertz CT molecular complexity index is 4260. The summed E-state index contributed by atoms with van der Waals surface area (Å²) in [5, 5.41) is 29.3. The van der Waals surface area contributed by atoms with Crippen molar-refractivity contribution in [1.29, 1.82) is 0 Å². The number of aryl methyl sites for hydroxylation is 6. The summed E-state index contributed by atoms with van der Waals surface area (Å²) in [4.78, 5) is 48.2. The lowest BCUT2D eigenvalue weighted by atomic mass is 9.80. The summed E-state index contributed by atoms with van der Waals surface area (Å²) in [5.74, 6) is 0.298. The Morgan fingerprint density at radius 3 is 1.23 bits per heavy atom. The monoisotopic (exact) mass is 1160 g/mol. The summed E-state index contributed by atoms with van der Waals surface area (Å²) in [7, 11) is 14.1. The van der Waals surface area contributed by atoms with Crippen molar-refractivity contribution < 1.29 is 28.3 Å². The summed E-state index contributed by atoms with van der Waals surface area (Å²) in [5.41, 5.74) is 37.2. The number of ether oxygens (including phenoxy) is 1. The quantitative estimate of drug-likeness (QED) is 0.131. The second kappa shape index (κ2) is 22.9. The minimum Gasteiger partial charge on any atom is -0.488 e. The largest absolute Gasteiger partial charge is 0.488 e. The third-order valence-corrected chi connectivity index (χ3v) is 19.6. The number of nitrogens with one attached hydrogen (secondary N) is 4. The van der Waals surface area contributed by atoms with E-state index in [1.54, 1.807) is 37.6 Å². The molecule has 0 atom stereocenters. The number of fused-ring (bicyclic) bond motifs is 12. The van der Waals surface area contributed by atoms with E-state index < -0.39 is 0 Å². The van der Waals surface area contributed by atoms with Crippen LogP contribution in [0.4, 0.5) is 0 Å². The first-order valence-corrected chi connectivity index (χ1v) is 29.4. The normalized spacial score (nSPS) is 12.3. The first-order chi connectivity index (χ1) is 40.5. The van der Waals surface area contributed by atoms with E-state index in [1.807, 2.05) is 37.6 Å². The molecule has 0 radical (unpaired) electrons. The van der Waals surface area contributed by atoms with Gasteiger partial charge >= 0.3 is 0 Å². The lowest BCUT2D eigenvalue weighted by Crippen LogP contribution is -2.21. The number of benzene rings is 4. The fourth-order valence-corrected chi connectivity index (χ4v) is 13.3. The average Bonchev–Trinajstić information content (AvgIpc) is 1.79. The number of furan rings is 1. The van der Waals surface area contributed by atoms with Gasteiger partial charge in [0.05, 0.1) is 17.1 Å². The van der Waals surface area contributed by atoms with E-state index in [-0.39, 0.29) is 23.6 Å². The molecule has 6 heterocycles. The summed E-state index contributed by atoms with van der Waals surface area (Å²) in [6.07, 6.45) is 2.66. The van der Waals surface area contributed by atoms with Crippen LogP contribution in [0.15, 0.2) is 4.42 Å². The van der Waals surface area contributed by atoms with Crippen LogP contribution >= 0.6 is 0 Å². The van der Waals surface area contributed by atoms with Crippen molar-refractivity contribution in [2.24, 2.45) is 28.2 Å². The summed E-state index contributed by atoms with van der Waals surface area (Å²) in [6, 6.07) is 0. The molecule has 0 unspecified atom stereocenters. The standard InChI is InChI=1S/C18H23N3O.C17H21N3O2.C17H21N3O.C16H19N3O2/c1-9-10(2)12(4)15-13(11(9)3)7-8-14-16(18(22)19-5)20-21(6)17(14)15;1-8-9(2)11(4)16-13(10(8)3)15-12(7-22-16)14(17(21)18-5)19-20(15)6;1-8-9(2)11(4)14-12(10(8)3)7-13-15(17(21)18-5)19-20(6)16(13)14;1-7-8(2)10(4)14-11(9(7)3)13-15(21-14)12(16(20)17-5)18-19(13)6/h7-8H2,1-6H3,(H,19,22);7H2,1-6H3,(H,18,21);7H2,1-6H3,(H,18,21);1-6H3,(H,17,20). The Morgan fingerprint density at radius 2 is 0.721 bits per heavy atom. The molecule has 12 rings (SSSR count). The van der Waals surface area contributed by atoms with Crippen molar-refractivity contribution in [3.63, 3.8) is 0 Å². The lowest BCUT2D eigenvalue weighted by molar-refractivity contribution is 0.0947. The number of aromatic nitrogens is 8. The number of hydrogen-bond acceptors (Lipinski definition) is 10. The van der Waals surface area contributed by atoms with E-state index in [2.05, 4.69) is 152 Å². The van der Waals surface area contributed by atoms with Gasteiger partial charge in [0.25, 0.3) is 23.6 Å². The van der Waals surface area contributed by atoms with Crippen LogP contribution in [0.1, 0.15) is 159 Å². The van der Waals surface area contributed by atoms with Gasteiger partial charge in [-0.25, -0.2) is 0 Å². The van der Waals surface area contributed by atoms with Gasteiger partial charge in [-0.2, -0.15) is 20.4 Å². The van der Waals surface area contributed by atoms with Gasteiger partial charge in [-0.3, -0.25) is 37.9 Å². The maximum absolute atomic E-state index is 12.1. The molecule has 1 aliphatic heterocycles. The van der Waals surface area contributed by atoms with Gasteiger partial charge < -0.3 is 30.4 Å². The van der Waals surface area contributed by atoms with Gasteiger partial charge in [-0.1, -0.05) is 0 Å². The molecule has 4 aromatic carbocycles. The molecule has 18 nitrogen and oxygen atoms in total. The third kappa shape index (κ3) is 9.46. The zero-order chi connectivity index (χ0) is 63.3. The van der Waals surface area contributed by atoms with E-state index in [0.29, 0.717) is 35.0 Å². The van der Waals surface area contributed by atoms with Crippen LogP contribution in [0.25, 0.3) is 55.8 Å². The minimum atomic E-state index is -0.233. The van der Waals surface area contributed by atoms with Gasteiger partial charge in [-0.05, 0) is 224 Å². The van der Waals surface area contributed by atoms with E-state index >= 15 is 0 Å². The van der Waals surface area contributed by atoms with Crippen LogP contribution in [0.3, 0.4) is 0 Å². The molecule has 452 valence electrons. The van der Waals surface area contributed by atoms with Crippen LogP contribution in [0, 0.1) is 111 Å². The Labute approximate surface area is 504 Å². The number of rotatable bonds is 4. The Hall–Kier alpha value is -8.80. The SMILES string of the molecule is CNC(=O)c1nn(C)c2c1CCc1c(C)c(C)c(C)c(C)c1-2.CNC(=O)c1nn(C)c2c1COc1c(C)c(C)c(C)c(C)c1-2.CNC(=O)c1nn(C)c2c1Cc1c(C)c(C)c(C)c(C)c1-2.CNC(=O)c1nn(C)c2c1oc1c(C)c(C)c(C)c(C)c12. The van der Waals surface area contributed by atoms with Gasteiger partial charge in [0.15, 0.2) is 28.4 Å². The molecule has 0 spiro atoms. The Kier molecular flexibility index (Phi) is 16.4. The molecule has 4 N–H and O–H groups in total. The van der Waals surface area contributed by atoms with Crippen molar-refractivity contribution in [2.45, 2.75) is 137 Å². The van der Waals surface area contributed by atoms with E-state index in [4.69, 9.17) is 9.15 Å².